The molecule has 0 aromatic heterocycles. The van der Waals surface area contributed by atoms with Crippen LogP contribution in [0.4, 0.5) is 0 Å². The minimum Gasteiger partial charge on any atom is -0.490 e. The molecule has 2 heterocycles. The molecule has 6 nitrogen and oxygen atoms in total. The monoisotopic (exact) mass is 383 g/mol. The number of rotatable bonds is 4. The zero-order valence-corrected chi connectivity index (χ0v) is 16.2. The van der Waals surface area contributed by atoms with Crippen LogP contribution in [-0.4, -0.2) is 36.6 Å². The van der Waals surface area contributed by atoms with Crippen molar-refractivity contribution in [1.82, 2.24) is 4.90 Å². The third-order valence-corrected chi connectivity index (χ3v) is 5.96. The first-order chi connectivity index (χ1) is 12.9. The van der Waals surface area contributed by atoms with Gasteiger partial charge >= 0.3 is 0 Å². The molecule has 0 atom stereocenters. The van der Waals surface area contributed by atoms with Gasteiger partial charge in [-0.15, -0.1) is 0 Å². The van der Waals surface area contributed by atoms with Gasteiger partial charge in [-0.1, -0.05) is 23.7 Å². The molecular formula is C19H23BClN5O. The van der Waals surface area contributed by atoms with Gasteiger partial charge < -0.3 is 21.1 Å². The molecule has 27 heavy (non-hydrogen) atoms. The van der Waals surface area contributed by atoms with Gasteiger partial charge in [-0.25, -0.2) is 10.3 Å². The lowest BCUT2D eigenvalue weighted by atomic mass is 9.49. The topological polar surface area (TPSA) is 101 Å². The van der Waals surface area contributed by atoms with E-state index in [9.17, 15) is 5.26 Å². The first-order valence-corrected chi connectivity index (χ1v) is 9.65. The summed E-state index contributed by atoms with van der Waals surface area (Å²) in [7, 11) is 0. The number of nitriles is 1. The van der Waals surface area contributed by atoms with Crippen LogP contribution >= 0.6 is 11.6 Å². The van der Waals surface area contributed by atoms with Gasteiger partial charge in [0, 0.05) is 24.5 Å². The zero-order valence-electron chi connectivity index (χ0n) is 15.4. The van der Waals surface area contributed by atoms with Crippen LogP contribution in [0.3, 0.4) is 0 Å². The number of nitrogens with two attached hydrogens (primary N) is 2. The summed E-state index contributed by atoms with van der Waals surface area (Å²) in [5.41, 5.74) is 14.1. The molecular weight excluding hydrogens is 361 g/mol. The van der Waals surface area contributed by atoms with Gasteiger partial charge in [-0.05, 0) is 49.6 Å². The smallest absolute Gasteiger partial charge is 0.276 e. The Kier molecular flexibility index (Phi) is 4.47. The van der Waals surface area contributed by atoms with Crippen molar-refractivity contribution in [1.29, 1.82) is 5.26 Å². The molecule has 8 heteroatoms. The molecule has 0 amide bonds. The standard InChI is InChI=1S/C19H23BClN5O/c1-12(23)25-18(17(21)24)26-9-19(10-26)5-14(6-19)27-16-4-2-3-13-7-20(11-22)8-15(13)16/h2-4,14H,5-10,24H2,1H3,(H2,23,25)/b18-17+. The van der Waals surface area contributed by atoms with Crippen molar-refractivity contribution >= 4 is 24.1 Å². The van der Waals surface area contributed by atoms with Gasteiger partial charge in [0.25, 0.3) is 6.71 Å². The zero-order chi connectivity index (χ0) is 19.2. The Morgan fingerprint density at radius 1 is 1.37 bits per heavy atom. The molecule has 140 valence electrons. The number of likely N-dealkylation sites (tertiary alicyclic amines) is 1. The van der Waals surface area contributed by atoms with Crippen molar-refractivity contribution in [3.05, 3.63) is 40.3 Å². The molecule has 0 unspecified atom stereocenters. The van der Waals surface area contributed by atoms with Gasteiger partial charge in [-0.2, -0.15) is 0 Å². The van der Waals surface area contributed by atoms with E-state index < -0.39 is 0 Å². The van der Waals surface area contributed by atoms with Crippen LogP contribution in [0.2, 0.25) is 0 Å². The SMILES string of the molecule is CC(N)=N/C(=C(\N)Cl)N1CC2(CC(Oc3cccc4c3CB(C#N)C4)C2)C1. The van der Waals surface area contributed by atoms with E-state index >= 15 is 0 Å². The maximum absolute atomic E-state index is 9.21. The Bertz CT molecular complexity index is 855. The quantitative estimate of drug-likeness (QED) is 0.358. The number of nitrogens with zero attached hydrogens (tertiary/aromatic N) is 3. The van der Waals surface area contributed by atoms with Crippen LogP contribution in [0.5, 0.6) is 5.75 Å². The van der Waals surface area contributed by atoms with Crippen molar-refractivity contribution < 1.29 is 4.74 Å². The van der Waals surface area contributed by atoms with E-state index in [1.165, 1.54) is 11.1 Å². The molecule has 2 fully saturated rings. The summed E-state index contributed by atoms with van der Waals surface area (Å²) in [5.74, 6) is 4.34. The maximum Gasteiger partial charge on any atom is 0.276 e. The molecule has 4 rings (SSSR count). The van der Waals surface area contributed by atoms with Crippen LogP contribution in [-0.2, 0) is 12.6 Å². The third kappa shape index (κ3) is 3.34. The Morgan fingerprint density at radius 2 is 2.11 bits per heavy atom. The summed E-state index contributed by atoms with van der Waals surface area (Å²) in [4.78, 5) is 6.33. The molecule has 1 aliphatic carbocycles. The number of hydrogen-bond acceptors (Lipinski definition) is 5. The summed E-state index contributed by atoms with van der Waals surface area (Å²) in [5, 5.41) is 9.38. The van der Waals surface area contributed by atoms with Gasteiger partial charge in [0.2, 0.25) is 0 Å². The van der Waals surface area contributed by atoms with E-state index in [-0.39, 0.29) is 23.4 Å². The van der Waals surface area contributed by atoms with Crippen molar-refractivity contribution in [2.75, 3.05) is 13.1 Å². The minimum atomic E-state index is 0.0791. The molecule has 1 spiro atoms. The van der Waals surface area contributed by atoms with Crippen molar-refractivity contribution in [3.63, 3.8) is 0 Å². The Labute approximate surface area is 164 Å². The normalized spacial score (nSPS) is 21.9. The second kappa shape index (κ2) is 6.68. The number of fused-ring (bicyclic) bond motifs is 1. The van der Waals surface area contributed by atoms with Crippen LogP contribution < -0.4 is 16.2 Å². The lowest BCUT2D eigenvalue weighted by Crippen LogP contribution is -2.64. The lowest BCUT2D eigenvalue weighted by molar-refractivity contribution is -0.106. The highest BCUT2D eigenvalue weighted by atomic mass is 35.5. The second-order valence-corrected chi connectivity index (χ2v) is 8.46. The highest BCUT2D eigenvalue weighted by molar-refractivity contribution is 6.67. The van der Waals surface area contributed by atoms with Crippen LogP contribution in [0.25, 0.3) is 0 Å². The number of hydrogen-bond donors (Lipinski definition) is 2. The molecule has 3 aliphatic rings. The Hall–Kier alpha value is -2.33. The fourth-order valence-corrected chi connectivity index (χ4v) is 4.76. The predicted molar refractivity (Wildman–Crippen MR) is 107 cm³/mol. The summed E-state index contributed by atoms with van der Waals surface area (Å²) in [6, 6.07) is 6.17. The summed E-state index contributed by atoms with van der Waals surface area (Å²) in [6.45, 7) is 3.54. The Morgan fingerprint density at radius 3 is 2.74 bits per heavy atom. The van der Waals surface area contributed by atoms with Crippen LogP contribution in [0.15, 0.2) is 34.2 Å². The molecule has 4 N–H and O–H groups in total. The van der Waals surface area contributed by atoms with E-state index in [0.29, 0.717) is 11.7 Å². The molecule has 2 aliphatic heterocycles. The van der Waals surface area contributed by atoms with E-state index in [2.05, 4.69) is 21.9 Å². The first-order valence-electron chi connectivity index (χ1n) is 9.27. The fraction of sp³-hybridized carbons (Fsp3) is 0.474. The van der Waals surface area contributed by atoms with E-state index in [4.69, 9.17) is 27.8 Å². The molecule has 1 aromatic carbocycles. The highest BCUT2D eigenvalue weighted by Crippen LogP contribution is 2.51. The number of halogens is 1. The second-order valence-electron chi connectivity index (χ2n) is 8.06. The van der Waals surface area contributed by atoms with Crippen molar-refractivity contribution in [2.24, 2.45) is 21.9 Å². The molecule has 0 radical (unpaired) electrons. The van der Waals surface area contributed by atoms with E-state index in [0.717, 1.165) is 44.3 Å². The number of amidine groups is 1. The maximum atomic E-state index is 9.21. The van der Waals surface area contributed by atoms with Gasteiger partial charge in [0.15, 0.2) is 5.82 Å². The van der Waals surface area contributed by atoms with E-state index in [1.807, 2.05) is 12.1 Å². The third-order valence-electron chi connectivity index (χ3n) is 5.79. The van der Waals surface area contributed by atoms with E-state index in [1.54, 1.807) is 6.92 Å². The number of aliphatic imine (C=N–C) groups is 1. The average molecular weight is 384 g/mol. The van der Waals surface area contributed by atoms with Gasteiger partial charge in [-0.3, -0.25) is 0 Å². The largest absolute Gasteiger partial charge is 0.490 e. The first kappa shape index (κ1) is 18.1. The van der Waals surface area contributed by atoms with Crippen LogP contribution in [0.1, 0.15) is 30.9 Å². The average Bonchev–Trinajstić information content (AvgIpc) is 2.97. The van der Waals surface area contributed by atoms with Crippen molar-refractivity contribution in [3.8, 4) is 11.7 Å². The molecule has 1 aromatic rings. The Balaban J connectivity index is 1.35. The molecule has 1 saturated heterocycles. The summed E-state index contributed by atoms with van der Waals surface area (Å²) >= 11 is 5.97. The fourth-order valence-electron chi connectivity index (χ4n) is 4.60. The lowest BCUT2D eigenvalue weighted by Gasteiger charge is -2.59. The summed E-state index contributed by atoms with van der Waals surface area (Å²) in [6.07, 6.45) is 3.88. The molecule has 1 saturated carbocycles. The van der Waals surface area contributed by atoms with Gasteiger partial charge in [0.05, 0.1) is 5.84 Å². The van der Waals surface area contributed by atoms with Crippen molar-refractivity contribution in [2.45, 2.75) is 38.5 Å². The summed E-state index contributed by atoms with van der Waals surface area (Å²) < 4.78 is 6.29. The van der Waals surface area contributed by atoms with Crippen LogP contribution in [0, 0.1) is 16.6 Å². The highest BCUT2D eigenvalue weighted by Gasteiger charge is 2.54. The minimum absolute atomic E-state index is 0.0791. The molecule has 0 bridgehead atoms. The predicted octanol–water partition coefficient (Wildman–Crippen LogP) is 1.97. The van der Waals surface area contributed by atoms with Gasteiger partial charge in [0.1, 0.15) is 17.0 Å². The number of benzene rings is 1. The number of ether oxygens (including phenoxy) is 1.